The first kappa shape index (κ1) is 16.5. The van der Waals surface area contributed by atoms with Crippen LogP contribution < -0.4 is 15.4 Å². The van der Waals surface area contributed by atoms with Gasteiger partial charge in [-0.2, -0.15) is 0 Å². The Bertz CT molecular complexity index is 709. The Hall–Kier alpha value is -2.82. The maximum atomic E-state index is 11.8. The molecule has 0 saturated carbocycles. The zero-order valence-electron chi connectivity index (χ0n) is 13.5. The van der Waals surface area contributed by atoms with Gasteiger partial charge in [0, 0.05) is 11.3 Å². The van der Waals surface area contributed by atoms with E-state index in [2.05, 4.69) is 10.6 Å². The lowest BCUT2D eigenvalue weighted by Gasteiger charge is -2.12. The van der Waals surface area contributed by atoms with Gasteiger partial charge < -0.3 is 15.4 Å². The number of amides is 2. The number of anilines is 1. The van der Waals surface area contributed by atoms with Crippen molar-refractivity contribution in [1.29, 1.82) is 0 Å². The van der Waals surface area contributed by atoms with Crippen LogP contribution in [0.2, 0.25) is 0 Å². The van der Waals surface area contributed by atoms with Gasteiger partial charge in [-0.15, -0.1) is 0 Å². The Balaban J connectivity index is 1.83. The second-order valence-corrected chi connectivity index (χ2v) is 5.25. The third-order valence-electron chi connectivity index (χ3n) is 3.56. The third kappa shape index (κ3) is 4.57. The fourth-order valence-corrected chi connectivity index (χ4v) is 2.02. The number of Topliss-reactive ketones (excluding diaryl/α,β-unsaturated/α-hetero) is 1. The number of benzene rings is 2. The fraction of sp³-hybridized carbons (Fsp3) is 0.222. The van der Waals surface area contributed by atoms with Crippen LogP contribution in [0.25, 0.3) is 0 Å². The van der Waals surface area contributed by atoms with Crippen LogP contribution in [0.5, 0.6) is 5.75 Å². The molecule has 2 N–H and O–H groups in total. The lowest BCUT2D eigenvalue weighted by molar-refractivity contribution is 0.101. The van der Waals surface area contributed by atoms with E-state index in [0.717, 1.165) is 16.9 Å². The average molecular weight is 312 g/mol. The van der Waals surface area contributed by atoms with E-state index in [1.807, 2.05) is 32.0 Å². The van der Waals surface area contributed by atoms with Crippen LogP contribution in [0.3, 0.4) is 0 Å². The second kappa shape index (κ2) is 7.45. The molecule has 120 valence electrons. The summed E-state index contributed by atoms with van der Waals surface area (Å²) in [5.41, 5.74) is 3.40. The van der Waals surface area contributed by atoms with E-state index in [1.54, 1.807) is 24.3 Å². The molecular formula is C18H20N2O3. The number of ether oxygens (including phenoxy) is 1. The first-order chi connectivity index (χ1) is 11.0. The Kier molecular flexibility index (Phi) is 5.36. The van der Waals surface area contributed by atoms with E-state index >= 15 is 0 Å². The fourth-order valence-electron chi connectivity index (χ4n) is 2.02. The van der Waals surface area contributed by atoms with Crippen LogP contribution in [0.15, 0.2) is 42.5 Å². The summed E-state index contributed by atoms with van der Waals surface area (Å²) < 4.78 is 5.56. The average Bonchev–Trinajstić information content (AvgIpc) is 2.52. The minimum atomic E-state index is -0.370. The van der Waals surface area contributed by atoms with Crippen molar-refractivity contribution in [2.45, 2.75) is 20.8 Å². The second-order valence-electron chi connectivity index (χ2n) is 5.25. The molecule has 0 bridgehead atoms. The van der Waals surface area contributed by atoms with Crippen LogP contribution in [0.1, 0.15) is 28.4 Å². The number of carbonyl (C=O) groups excluding carboxylic acids is 2. The van der Waals surface area contributed by atoms with Gasteiger partial charge in [0.25, 0.3) is 0 Å². The predicted octanol–water partition coefficient (Wildman–Crippen LogP) is 3.66. The van der Waals surface area contributed by atoms with E-state index in [4.69, 9.17) is 4.74 Å². The van der Waals surface area contributed by atoms with E-state index in [1.165, 1.54) is 6.92 Å². The molecule has 0 fully saturated rings. The smallest absolute Gasteiger partial charge is 0.321 e. The molecule has 2 aromatic rings. The van der Waals surface area contributed by atoms with Gasteiger partial charge in [-0.05, 0) is 62.2 Å². The van der Waals surface area contributed by atoms with E-state index in [9.17, 15) is 9.59 Å². The number of carbonyl (C=O) groups is 2. The molecule has 0 heterocycles. The number of nitrogens with one attached hydrogen (secondary N) is 2. The highest BCUT2D eigenvalue weighted by atomic mass is 16.5. The van der Waals surface area contributed by atoms with Gasteiger partial charge >= 0.3 is 6.03 Å². The summed E-state index contributed by atoms with van der Waals surface area (Å²) in [7, 11) is 0. The molecule has 2 rings (SSSR count). The van der Waals surface area contributed by atoms with Crippen molar-refractivity contribution in [2.75, 3.05) is 12.0 Å². The summed E-state index contributed by atoms with van der Waals surface area (Å²) in [6, 6.07) is 12.1. The van der Waals surface area contributed by atoms with Gasteiger partial charge in [-0.3, -0.25) is 4.79 Å². The molecule has 0 atom stereocenters. The highest BCUT2D eigenvalue weighted by Crippen LogP contribution is 2.20. The molecule has 0 aliphatic rings. The maximum Gasteiger partial charge on any atom is 0.321 e. The highest BCUT2D eigenvalue weighted by Gasteiger charge is 2.05. The van der Waals surface area contributed by atoms with Crippen molar-refractivity contribution in [3.8, 4) is 5.75 Å². The summed E-state index contributed by atoms with van der Waals surface area (Å²) >= 11 is 0. The van der Waals surface area contributed by atoms with Crippen molar-refractivity contribution >= 4 is 17.5 Å². The Labute approximate surface area is 135 Å². The minimum Gasteiger partial charge on any atom is -0.473 e. The Morgan fingerprint density at radius 1 is 1.04 bits per heavy atom. The zero-order chi connectivity index (χ0) is 16.8. The van der Waals surface area contributed by atoms with Crippen molar-refractivity contribution < 1.29 is 14.3 Å². The van der Waals surface area contributed by atoms with Gasteiger partial charge in [-0.25, -0.2) is 4.79 Å². The number of rotatable bonds is 5. The predicted molar refractivity (Wildman–Crippen MR) is 90.0 cm³/mol. The molecule has 5 nitrogen and oxygen atoms in total. The highest BCUT2D eigenvalue weighted by molar-refractivity contribution is 5.95. The van der Waals surface area contributed by atoms with Crippen LogP contribution in [0.4, 0.5) is 10.5 Å². The number of ketones is 1. The normalized spacial score (nSPS) is 10.0. The molecule has 0 aliphatic heterocycles. The van der Waals surface area contributed by atoms with Gasteiger partial charge in [0.2, 0.25) is 0 Å². The number of hydrogen-bond acceptors (Lipinski definition) is 3. The van der Waals surface area contributed by atoms with Gasteiger partial charge in [0.1, 0.15) is 5.75 Å². The number of hydrogen-bond donors (Lipinski definition) is 2. The quantitative estimate of drug-likeness (QED) is 0.654. The molecule has 0 radical (unpaired) electrons. The molecule has 23 heavy (non-hydrogen) atoms. The zero-order valence-corrected chi connectivity index (χ0v) is 13.5. The molecule has 0 aromatic heterocycles. The number of urea groups is 1. The van der Waals surface area contributed by atoms with Crippen LogP contribution in [0, 0.1) is 13.8 Å². The Morgan fingerprint density at radius 2 is 1.74 bits per heavy atom. The molecule has 2 aromatic carbocycles. The van der Waals surface area contributed by atoms with E-state index in [-0.39, 0.29) is 18.5 Å². The van der Waals surface area contributed by atoms with E-state index < -0.39 is 0 Å². The molecule has 0 spiro atoms. The van der Waals surface area contributed by atoms with Crippen LogP contribution in [-0.4, -0.2) is 18.5 Å². The summed E-state index contributed by atoms with van der Waals surface area (Å²) in [6.45, 7) is 5.55. The van der Waals surface area contributed by atoms with Crippen LogP contribution in [-0.2, 0) is 0 Å². The van der Waals surface area contributed by atoms with Crippen molar-refractivity contribution in [3.05, 3.63) is 59.2 Å². The van der Waals surface area contributed by atoms with Crippen molar-refractivity contribution in [1.82, 2.24) is 5.32 Å². The molecule has 0 unspecified atom stereocenters. The summed E-state index contributed by atoms with van der Waals surface area (Å²) in [5, 5.41) is 5.30. The van der Waals surface area contributed by atoms with Crippen LogP contribution >= 0.6 is 0 Å². The van der Waals surface area contributed by atoms with Crippen molar-refractivity contribution in [3.63, 3.8) is 0 Å². The Morgan fingerprint density at radius 3 is 2.39 bits per heavy atom. The number of aryl methyl sites for hydroxylation is 1. The van der Waals surface area contributed by atoms with Gasteiger partial charge in [-0.1, -0.05) is 12.1 Å². The molecule has 2 amide bonds. The summed E-state index contributed by atoms with van der Waals surface area (Å²) in [4.78, 5) is 23.0. The molecular weight excluding hydrogens is 292 g/mol. The minimum absolute atomic E-state index is 0.0112. The monoisotopic (exact) mass is 312 g/mol. The first-order valence-corrected chi connectivity index (χ1v) is 7.32. The molecule has 5 heteroatoms. The third-order valence-corrected chi connectivity index (χ3v) is 3.56. The molecule has 0 aliphatic carbocycles. The lowest BCUT2D eigenvalue weighted by atomic mass is 10.1. The van der Waals surface area contributed by atoms with Crippen molar-refractivity contribution in [2.24, 2.45) is 0 Å². The lowest BCUT2D eigenvalue weighted by Crippen LogP contribution is -2.32. The summed E-state index contributed by atoms with van der Waals surface area (Å²) in [6.07, 6.45) is 0. The van der Waals surface area contributed by atoms with E-state index in [0.29, 0.717) is 11.3 Å². The largest absolute Gasteiger partial charge is 0.473 e. The van der Waals surface area contributed by atoms with Gasteiger partial charge in [0.05, 0.1) is 0 Å². The van der Waals surface area contributed by atoms with Gasteiger partial charge in [0.15, 0.2) is 12.5 Å². The maximum absolute atomic E-state index is 11.8. The molecule has 0 saturated heterocycles. The first-order valence-electron chi connectivity index (χ1n) is 7.32. The summed E-state index contributed by atoms with van der Waals surface area (Å²) in [5.74, 6) is 0.735. The topological polar surface area (TPSA) is 67.4 Å². The SMILES string of the molecule is CC(=O)c1ccc(NC(=O)NCOc2cccc(C)c2C)cc1. The standard InChI is InChI=1S/C18H20N2O3/c1-12-5-4-6-17(13(12)2)23-11-19-18(22)20-16-9-7-15(8-10-16)14(3)21/h4-10H,11H2,1-3H3,(H2,19,20,22).